The van der Waals surface area contributed by atoms with Crippen LogP contribution in [0.15, 0.2) is 0 Å². The molecule has 0 aromatic rings. The molecule has 0 amide bonds. The van der Waals surface area contributed by atoms with Crippen molar-refractivity contribution in [3.8, 4) is 0 Å². The second-order valence-corrected chi connectivity index (χ2v) is 9.77. The zero-order chi connectivity index (χ0) is 18.0. The van der Waals surface area contributed by atoms with Crippen molar-refractivity contribution in [2.75, 3.05) is 26.5 Å². The summed E-state index contributed by atoms with van der Waals surface area (Å²) in [5.41, 5.74) is 0. The molecule has 0 heterocycles. The molecule has 5 nitrogen and oxygen atoms in total. The normalized spacial score (nSPS) is 21.1. The fraction of sp³-hybridized carbons (Fsp3) is 1.00. The summed E-state index contributed by atoms with van der Waals surface area (Å²) in [5, 5.41) is 3.82. The van der Waals surface area contributed by atoms with Gasteiger partial charge in [0.25, 0.3) is 0 Å². The third kappa shape index (κ3) is 6.29. The Morgan fingerprint density at radius 1 is 0.760 bits per heavy atom. The van der Waals surface area contributed by atoms with E-state index < -0.39 is 8.97 Å². The molecule has 148 valence electrons. The molecule has 6 heteroatoms. The molecular weight excluding hydrogens is 332 g/mol. The maximum Gasteiger partial charge on any atom is 0.600 e. The van der Waals surface area contributed by atoms with Gasteiger partial charge in [0.15, 0.2) is 0 Å². The summed E-state index contributed by atoms with van der Waals surface area (Å²) in [4.78, 5) is 0. The van der Waals surface area contributed by atoms with E-state index in [4.69, 9.17) is 13.3 Å². The molecule has 0 spiro atoms. The van der Waals surface area contributed by atoms with Crippen LogP contribution < -0.4 is 5.32 Å². The second-order valence-electron chi connectivity index (χ2n) is 7.28. The first-order chi connectivity index (χ1) is 12.3. The molecule has 0 unspecified atom stereocenters. The Bertz CT molecular complexity index is 331. The van der Waals surface area contributed by atoms with E-state index in [2.05, 4.69) is 9.88 Å². The van der Waals surface area contributed by atoms with Gasteiger partial charge in [-0.05, 0) is 46.5 Å². The summed E-state index contributed by atoms with van der Waals surface area (Å²) in [6, 6.07) is 1.15. The molecule has 2 saturated carbocycles. The Hall–Kier alpha value is 0.0169. The highest BCUT2D eigenvalue weighted by atomic mass is 28.4. The van der Waals surface area contributed by atoms with Crippen LogP contribution in [-0.2, 0) is 13.3 Å². The third-order valence-corrected chi connectivity index (χ3v) is 8.69. The molecule has 0 aromatic heterocycles. The highest BCUT2D eigenvalue weighted by Gasteiger charge is 2.51. The van der Waals surface area contributed by atoms with Crippen molar-refractivity contribution in [1.82, 2.24) is 9.88 Å². The van der Waals surface area contributed by atoms with Crippen LogP contribution in [0.3, 0.4) is 0 Å². The Labute approximate surface area is 156 Å². The van der Waals surface area contributed by atoms with E-state index in [1.807, 2.05) is 20.8 Å². The zero-order valence-electron chi connectivity index (χ0n) is 16.7. The predicted molar refractivity (Wildman–Crippen MR) is 104 cm³/mol. The van der Waals surface area contributed by atoms with Gasteiger partial charge in [-0.3, -0.25) is 0 Å². The quantitative estimate of drug-likeness (QED) is 0.438. The Morgan fingerprint density at radius 3 is 1.72 bits per heavy atom. The lowest BCUT2D eigenvalue weighted by atomic mass is 9.95. The lowest BCUT2D eigenvalue weighted by molar-refractivity contribution is -0.00483. The first-order valence-electron chi connectivity index (χ1n) is 10.7. The monoisotopic (exact) mass is 372 g/mol. The number of hydrogen-bond donors (Lipinski definition) is 1. The van der Waals surface area contributed by atoms with Gasteiger partial charge in [-0.25, -0.2) is 4.57 Å². The topological polar surface area (TPSA) is 43.0 Å². The second kappa shape index (κ2) is 11.7. The molecule has 0 radical (unpaired) electrons. The molecule has 0 saturated heterocycles. The zero-order valence-corrected chi connectivity index (χ0v) is 17.7. The van der Waals surface area contributed by atoms with Crippen molar-refractivity contribution >= 4 is 8.97 Å². The summed E-state index contributed by atoms with van der Waals surface area (Å²) in [5.74, 6) is 0. The van der Waals surface area contributed by atoms with Crippen molar-refractivity contribution in [3.05, 3.63) is 0 Å². The van der Waals surface area contributed by atoms with E-state index in [-0.39, 0.29) is 0 Å². The van der Waals surface area contributed by atoms with Gasteiger partial charge >= 0.3 is 8.97 Å². The maximum absolute atomic E-state index is 6.25. The number of hydrogen-bond acceptors (Lipinski definition) is 5. The number of rotatable bonds is 11. The van der Waals surface area contributed by atoms with Gasteiger partial charge in [0.1, 0.15) is 0 Å². The standard InChI is InChI=1S/C19H40N2O3Si/c1-4-22-25(23-5-2,24-6-3)21(19-15-11-8-12-16-19)17-20-18-13-9-7-10-14-18/h18-20H,4-17H2,1-3H3. The molecule has 2 aliphatic carbocycles. The average Bonchev–Trinajstić information content (AvgIpc) is 2.64. The molecule has 2 aliphatic rings. The summed E-state index contributed by atoms with van der Waals surface area (Å²) in [6.07, 6.45) is 13.1. The first kappa shape index (κ1) is 21.3. The molecule has 2 fully saturated rings. The molecule has 0 aromatic carbocycles. The van der Waals surface area contributed by atoms with Crippen LogP contribution in [0.4, 0.5) is 0 Å². The molecule has 0 bridgehead atoms. The minimum Gasteiger partial charge on any atom is -0.361 e. The maximum atomic E-state index is 6.25. The van der Waals surface area contributed by atoms with Crippen molar-refractivity contribution in [2.45, 2.75) is 97.1 Å². The van der Waals surface area contributed by atoms with E-state index in [0.29, 0.717) is 31.9 Å². The fourth-order valence-corrected chi connectivity index (χ4v) is 7.13. The van der Waals surface area contributed by atoms with Crippen LogP contribution in [0.2, 0.25) is 0 Å². The third-order valence-electron chi connectivity index (χ3n) is 5.50. The van der Waals surface area contributed by atoms with E-state index >= 15 is 0 Å². The van der Waals surface area contributed by atoms with Crippen LogP contribution in [0.1, 0.15) is 85.0 Å². The highest BCUT2D eigenvalue weighted by molar-refractivity contribution is 6.57. The Morgan fingerprint density at radius 2 is 1.24 bits per heavy atom. The van der Waals surface area contributed by atoms with E-state index in [0.717, 1.165) is 6.67 Å². The number of nitrogens with zero attached hydrogens (tertiary/aromatic N) is 1. The Balaban J connectivity index is 2.12. The molecular formula is C19H40N2O3Si. The van der Waals surface area contributed by atoms with Gasteiger partial charge < -0.3 is 18.6 Å². The van der Waals surface area contributed by atoms with Crippen molar-refractivity contribution in [1.29, 1.82) is 0 Å². The minimum absolute atomic E-state index is 0.515. The summed E-state index contributed by atoms with van der Waals surface area (Å²) >= 11 is 0. The van der Waals surface area contributed by atoms with Crippen molar-refractivity contribution in [2.24, 2.45) is 0 Å². The smallest absolute Gasteiger partial charge is 0.361 e. The van der Waals surface area contributed by atoms with E-state index in [9.17, 15) is 0 Å². The molecule has 2 rings (SSSR count). The molecule has 25 heavy (non-hydrogen) atoms. The SMILES string of the molecule is CCO[Si](OCC)(OCC)N(CNC1CCCCC1)C1CCCCC1. The van der Waals surface area contributed by atoms with Crippen LogP contribution in [0.5, 0.6) is 0 Å². The lowest BCUT2D eigenvalue weighted by Crippen LogP contribution is -2.67. The van der Waals surface area contributed by atoms with Gasteiger partial charge in [-0.2, -0.15) is 0 Å². The molecule has 0 aliphatic heterocycles. The van der Waals surface area contributed by atoms with Gasteiger partial charge in [0, 0.05) is 38.6 Å². The average molecular weight is 373 g/mol. The van der Waals surface area contributed by atoms with Crippen LogP contribution in [0.25, 0.3) is 0 Å². The van der Waals surface area contributed by atoms with Gasteiger partial charge in [0.2, 0.25) is 0 Å². The highest BCUT2D eigenvalue weighted by Crippen LogP contribution is 2.28. The van der Waals surface area contributed by atoms with E-state index in [1.165, 1.54) is 64.2 Å². The first-order valence-corrected chi connectivity index (χ1v) is 12.3. The number of nitrogens with one attached hydrogen (secondary N) is 1. The van der Waals surface area contributed by atoms with Crippen molar-refractivity contribution in [3.63, 3.8) is 0 Å². The van der Waals surface area contributed by atoms with Crippen LogP contribution in [0, 0.1) is 0 Å². The molecule has 1 N–H and O–H groups in total. The largest absolute Gasteiger partial charge is 0.600 e. The predicted octanol–water partition coefficient (Wildman–Crippen LogP) is 4.05. The van der Waals surface area contributed by atoms with Crippen LogP contribution in [-0.4, -0.2) is 52.1 Å². The van der Waals surface area contributed by atoms with Crippen molar-refractivity contribution < 1.29 is 13.3 Å². The van der Waals surface area contributed by atoms with E-state index in [1.54, 1.807) is 0 Å². The van der Waals surface area contributed by atoms with Gasteiger partial charge in [-0.15, -0.1) is 0 Å². The summed E-state index contributed by atoms with van der Waals surface area (Å²) < 4.78 is 21.2. The van der Waals surface area contributed by atoms with Crippen LogP contribution >= 0.6 is 0 Å². The minimum atomic E-state index is -2.83. The van der Waals surface area contributed by atoms with Gasteiger partial charge in [0.05, 0.1) is 0 Å². The summed E-state index contributed by atoms with van der Waals surface area (Å²) in [6.45, 7) is 8.90. The van der Waals surface area contributed by atoms with Gasteiger partial charge in [-0.1, -0.05) is 38.5 Å². The molecule has 0 atom stereocenters. The summed E-state index contributed by atoms with van der Waals surface area (Å²) in [7, 11) is -2.83. The lowest BCUT2D eigenvalue weighted by Gasteiger charge is -2.44. The fourth-order valence-electron chi connectivity index (χ4n) is 4.30. The Kier molecular flexibility index (Phi) is 9.95.